The molecule has 10 heteroatoms. The Morgan fingerprint density at radius 1 is 1.19 bits per heavy atom. The molecule has 0 aromatic carbocycles. The normalized spacial score (nSPS) is 25.3. The van der Waals surface area contributed by atoms with Crippen molar-refractivity contribution in [2.45, 2.75) is 37.7 Å². The molecule has 2 amide bonds. The smallest absolute Gasteiger partial charge is 0.410 e. The van der Waals surface area contributed by atoms with E-state index < -0.39 is 27.5 Å². The minimum Gasteiger partial charge on any atom is -0.481 e. The molecule has 0 radical (unpaired) electrons. The summed E-state index contributed by atoms with van der Waals surface area (Å²) in [6.45, 7) is 1.39. The van der Waals surface area contributed by atoms with Crippen LogP contribution in [0, 0.1) is 5.92 Å². The van der Waals surface area contributed by atoms with Gasteiger partial charge in [0.1, 0.15) is 15.4 Å². The van der Waals surface area contributed by atoms with Gasteiger partial charge in [0.25, 0.3) is 0 Å². The number of aliphatic carboxylic acids is 1. The largest absolute Gasteiger partial charge is 0.481 e. The van der Waals surface area contributed by atoms with E-state index >= 15 is 0 Å². The number of hydrogen-bond acceptors (Lipinski definition) is 6. The van der Waals surface area contributed by atoms with E-state index in [1.165, 1.54) is 4.90 Å². The van der Waals surface area contributed by atoms with E-state index in [9.17, 15) is 22.8 Å². The minimum atomic E-state index is -3.00. The molecule has 0 unspecified atom stereocenters. The summed E-state index contributed by atoms with van der Waals surface area (Å²) < 4.78 is 28.5. The third kappa shape index (κ3) is 4.11. The van der Waals surface area contributed by atoms with Gasteiger partial charge in [-0.3, -0.25) is 9.59 Å². The van der Waals surface area contributed by atoms with Crippen LogP contribution in [0.2, 0.25) is 0 Å². The van der Waals surface area contributed by atoms with Gasteiger partial charge in [0, 0.05) is 38.4 Å². The van der Waals surface area contributed by atoms with Crippen LogP contribution >= 0.6 is 0 Å². The molecule has 26 heavy (non-hydrogen) atoms. The number of nitrogens with zero attached hydrogens (tertiary/aromatic N) is 2. The van der Waals surface area contributed by atoms with Crippen LogP contribution in [0.5, 0.6) is 0 Å². The quantitative estimate of drug-likeness (QED) is 0.725. The van der Waals surface area contributed by atoms with Crippen molar-refractivity contribution in [3.05, 3.63) is 0 Å². The van der Waals surface area contributed by atoms with Crippen molar-refractivity contribution in [2.24, 2.45) is 5.92 Å². The van der Waals surface area contributed by atoms with Crippen LogP contribution in [-0.2, 0) is 24.2 Å². The number of carboxylic acids is 1. The van der Waals surface area contributed by atoms with Crippen molar-refractivity contribution in [3.63, 3.8) is 0 Å². The summed E-state index contributed by atoms with van der Waals surface area (Å²) in [5, 5.41) is 8.75. The first-order valence-corrected chi connectivity index (χ1v) is 10.7. The van der Waals surface area contributed by atoms with E-state index in [1.807, 2.05) is 0 Å². The topological polar surface area (TPSA) is 121 Å². The molecule has 0 saturated carbocycles. The predicted octanol–water partition coefficient (Wildman–Crippen LogP) is 0.0993. The van der Waals surface area contributed by atoms with Gasteiger partial charge in [-0.25, -0.2) is 13.2 Å². The molecular formula is C16H24N2O7S. The van der Waals surface area contributed by atoms with Crippen LogP contribution in [-0.4, -0.2) is 84.6 Å². The molecule has 0 atom stereocenters. The molecule has 0 aliphatic carbocycles. The number of carboxylic acid groups (broad SMARTS) is 1. The highest BCUT2D eigenvalue weighted by Crippen LogP contribution is 2.34. The molecule has 146 valence electrons. The van der Waals surface area contributed by atoms with E-state index in [-0.39, 0.29) is 36.3 Å². The highest BCUT2D eigenvalue weighted by atomic mass is 32.2. The molecule has 3 rings (SSSR count). The van der Waals surface area contributed by atoms with Crippen LogP contribution in [0.15, 0.2) is 0 Å². The molecule has 0 aromatic heterocycles. The van der Waals surface area contributed by atoms with Crippen LogP contribution in [0.1, 0.15) is 32.1 Å². The van der Waals surface area contributed by atoms with Crippen molar-refractivity contribution >= 4 is 27.8 Å². The van der Waals surface area contributed by atoms with Crippen LogP contribution < -0.4 is 0 Å². The maximum atomic E-state index is 12.6. The number of rotatable bonds is 4. The fraction of sp³-hybridized carbons (Fsp3) is 0.812. The van der Waals surface area contributed by atoms with E-state index in [4.69, 9.17) is 9.84 Å². The Labute approximate surface area is 152 Å². The first kappa shape index (κ1) is 18.9. The number of amides is 2. The van der Waals surface area contributed by atoms with Gasteiger partial charge in [0.15, 0.2) is 0 Å². The fourth-order valence-electron chi connectivity index (χ4n) is 3.89. The second-order valence-electron chi connectivity index (χ2n) is 7.37. The van der Waals surface area contributed by atoms with E-state index in [1.54, 1.807) is 4.90 Å². The van der Waals surface area contributed by atoms with Gasteiger partial charge in [0.05, 0.1) is 24.5 Å². The third-order valence-corrected chi connectivity index (χ3v) is 7.24. The number of carbonyl (C=O) groups excluding carboxylic acids is 2. The maximum Gasteiger partial charge on any atom is 0.410 e. The molecule has 3 heterocycles. The van der Waals surface area contributed by atoms with Gasteiger partial charge in [-0.15, -0.1) is 0 Å². The van der Waals surface area contributed by atoms with Crippen molar-refractivity contribution < 1.29 is 32.6 Å². The lowest BCUT2D eigenvalue weighted by Gasteiger charge is -2.39. The van der Waals surface area contributed by atoms with Gasteiger partial charge in [-0.1, -0.05) is 0 Å². The molecule has 3 aliphatic rings. The Balaban J connectivity index is 1.52. The van der Waals surface area contributed by atoms with Crippen molar-refractivity contribution in [2.75, 3.05) is 37.7 Å². The molecule has 3 saturated heterocycles. The zero-order valence-corrected chi connectivity index (χ0v) is 15.4. The van der Waals surface area contributed by atoms with Crippen molar-refractivity contribution in [1.82, 2.24) is 9.80 Å². The van der Waals surface area contributed by atoms with Crippen LogP contribution in [0.4, 0.5) is 4.79 Å². The summed E-state index contributed by atoms with van der Waals surface area (Å²) in [5.74, 6) is -1.09. The van der Waals surface area contributed by atoms with E-state index in [0.29, 0.717) is 45.3 Å². The van der Waals surface area contributed by atoms with Gasteiger partial charge in [-0.05, 0) is 12.8 Å². The molecular weight excluding hydrogens is 364 g/mol. The highest BCUT2D eigenvalue weighted by Gasteiger charge is 2.48. The van der Waals surface area contributed by atoms with Gasteiger partial charge >= 0.3 is 12.1 Å². The summed E-state index contributed by atoms with van der Waals surface area (Å²) in [4.78, 5) is 38.4. The lowest BCUT2D eigenvalue weighted by molar-refractivity contribution is -0.139. The number of carbonyl (C=O) groups is 3. The van der Waals surface area contributed by atoms with Gasteiger partial charge in [-0.2, -0.15) is 0 Å². The molecule has 0 bridgehead atoms. The lowest BCUT2D eigenvalue weighted by Crippen LogP contribution is -2.50. The fourth-order valence-corrected chi connectivity index (χ4v) is 5.38. The van der Waals surface area contributed by atoms with Crippen LogP contribution in [0.3, 0.4) is 0 Å². The monoisotopic (exact) mass is 388 g/mol. The highest BCUT2D eigenvalue weighted by molar-refractivity contribution is 7.91. The summed E-state index contributed by atoms with van der Waals surface area (Å²) in [6.07, 6.45) is 1.16. The summed E-state index contributed by atoms with van der Waals surface area (Å²) >= 11 is 0. The zero-order valence-electron chi connectivity index (χ0n) is 14.6. The van der Waals surface area contributed by atoms with Gasteiger partial charge in [0.2, 0.25) is 5.91 Å². The minimum absolute atomic E-state index is 0.0122. The Kier molecular flexibility index (Phi) is 5.14. The molecule has 3 fully saturated rings. The molecule has 0 aromatic rings. The molecule has 1 spiro atoms. The maximum absolute atomic E-state index is 12.6. The standard InChI is InChI=1S/C16H24N2O7S/c19-13(20)1-6-18-11-16(25-15(18)22)4-7-17(8-5-16)14(21)12-2-9-26(23,24)10-3-12/h12H,1-11H2,(H,19,20). The average Bonchev–Trinajstić information content (AvgIpc) is 2.88. The third-order valence-electron chi connectivity index (χ3n) is 5.53. The lowest BCUT2D eigenvalue weighted by atomic mass is 9.90. The van der Waals surface area contributed by atoms with Crippen LogP contribution in [0.25, 0.3) is 0 Å². The van der Waals surface area contributed by atoms with E-state index in [2.05, 4.69) is 0 Å². The number of likely N-dealkylation sites (tertiary alicyclic amines) is 1. The summed E-state index contributed by atoms with van der Waals surface area (Å²) in [7, 11) is -3.00. The second-order valence-corrected chi connectivity index (χ2v) is 9.67. The van der Waals surface area contributed by atoms with Crippen molar-refractivity contribution in [1.29, 1.82) is 0 Å². The predicted molar refractivity (Wildman–Crippen MR) is 90.2 cm³/mol. The first-order valence-electron chi connectivity index (χ1n) is 8.89. The van der Waals surface area contributed by atoms with Crippen molar-refractivity contribution in [3.8, 4) is 0 Å². The Hall–Kier alpha value is -1.84. The Bertz CT molecular complexity index is 683. The number of sulfone groups is 1. The number of ether oxygens (including phenoxy) is 1. The number of piperidine rings is 1. The zero-order chi connectivity index (χ0) is 18.9. The summed E-state index contributed by atoms with van der Waals surface area (Å²) in [5.41, 5.74) is -0.651. The molecule has 1 N–H and O–H groups in total. The Morgan fingerprint density at radius 3 is 2.38 bits per heavy atom. The van der Waals surface area contributed by atoms with E-state index in [0.717, 1.165) is 0 Å². The Morgan fingerprint density at radius 2 is 1.81 bits per heavy atom. The average molecular weight is 388 g/mol. The first-order chi connectivity index (χ1) is 12.2. The van der Waals surface area contributed by atoms with Gasteiger partial charge < -0.3 is 19.6 Å². The molecule has 3 aliphatic heterocycles. The second kappa shape index (κ2) is 7.05. The number of hydrogen-bond donors (Lipinski definition) is 1. The summed E-state index contributed by atoms with van der Waals surface area (Å²) in [6, 6.07) is 0. The SMILES string of the molecule is O=C(O)CCN1CC2(CCN(C(=O)C3CCS(=O)(=O)CC3)CC2)OC1=O. The molecule has 9 nitrogen and oxygen atoms in total.